The summed E-state index contributed by atoms with van der Waals surface area (Å²) < 4.78 is 7.39. The van der Waals surface area contributed by atoms with E-state index in [4.69, 9.17) is 4.74 Å². The van der Waals surface area contributed by atoms with Crippen LogP contribution in [-0.4, -0.2) is 45.5 Å². The average Bonchev–Trinajstić information content (AvgIpc) is 2.69. The van der Waals surface area contributed by atoms with Crippen molar-refractivity contribution in [1.82, 2.24) is 14.7 Å². The molecule has 146 valence electrons. The Bertz CT molecular complexity index is 968. The molecule has 0 spiro atoms. The van der Waals surface area contributed by atoms with E-state index in [1.54, 1.807) is 10.7 Å². The van der Waals surface area contributed by atoms with Crippen LogP contribution in [-0.2, 0) is 41.3 Å². The van der Waals surface area contributed by atoms with Crippen LogP contribution in [0, 0.1) is 5.92 Å². The topological polar surface area (TPSA) is 64.4 Å². The number of carbonyl (C=O) groups is 1. The first-order chi connectivity index (χ1) is 13.7. The Labute approximate surface area is 167 Å². The van der Waals surface area contributed by atoms with E-state index in [0.717, 1.165) is 29.2 Å². The average molecular weight is 398 g/mol. The zero-order valence-electron chi connectivity index (χ0n) is 15.7. The highest BCUT2D eigenvalue weighted by Gasteiger charge is 2.36. The lowest BCUT2D eigenvalue weighted by Crippen LogP contribution is -2.56. The van der Waals surface area contributed by atoms with Gasteiger partial charge in [-0.2, -0.15) is 16.9 Å². The molecule has 1 aromatic carbocycles. The van der Waals surface area contributed by atoms with Crippen LogP contribution in [0.3, 0.4) is 0 Å². The molecule has 28 heavy (non-hydrogen) atoms. The molecule has 1 atom stereocenters. The highest BCUT2D eigenvalue weighted by Crippen LogP contribution is 2.25. The predicted octanol–water partition coefficient (Wildman–Crippen LogP) is 1.63. The summed E-state index contributed by atoms with van der Waals surface area (Å²) in [7, 11) is 0. The lowest BCUT2D eigenvalue weighted by Gasteiger charge is -2.41. The van der Waals surface area contributed by atoms with Gasteiger partial charge in [-0.25, -0.2) is 4.68 Å². The zero-order valence-corrected chi connectivity index (χ0v) is 16.5. The number of carbonyl (C=O) groups excluding carboxylic acids is 1. The number of likely N-dealkylation sites (tertiary alicyclic amines) is 1. The molecule has 1 unspecified atom stereocenters. The standard InChI is InChI=1S/C21H23N3O3S/c25-20-8-17-13-28-6-5-18(17)22-24(20)11-14-9-23(10-14)21(26)19-7-15-3-1-2-4-16(15)12-27-19/h1-4,8,14,19H,5-7,9-13H2. The third-order valence-electron chi connectivity index (χ3n) is 5.84. The van der Waals surface area contributed by atoms with Crippen LogP contribution in [0.2, 0.25) is 0 Å². The van der Waals surface area contributed by atoms with Gasteiger partial charge in [0.05, 0.1) is 18.8 Å². The monoisotopic (exact) mass is 397 g/mol. The van der Waals surface area contributed by atoms with Crippen molar-refractivity contribution in [2.75, 3.05) is 18.8 Å². The Morgan fingerprint density at radius 2 is 2.04 bits per heavy atom. The maximum atomic E-state index is 12.8. The second-order valence-electron chi connectivity index (χ2n) is 7.82. The number of rotatable bonds is 3. The summed E-state index contributed by atoms with van der Waals surface area (Å²) in [5.41, 5.74) is 4.48. The summed E-state index contributed by atoms with van der Waals surface area (Å²) in [5.74, 6) is 2.29. The van der Waals surface area contributed by atoms with Crippen molar-refractivity contribution in [2.24, 2.45) is 5.92 Å². The molecule has 2 aromatic rings. The highest BCUT2D eigenvalue weighted by molar-refractivity contribution is 7.98. The Morgan fingerprint density at radius 3 is 2.89 bits per heavy atom. The van der Waals surface area contributed by atoms with Gasteiger partial charge in [0.2, 0.25) is 0 Å². The molecule has 0 N–H and O–H groups in total. The second-order valence-corrected chi connectivity index (χ2v) is 8.93. The van der Waals surface area contributed by atoms with Gasteiger partial charge in [-0.3, -0.25) is 9.59 Å². The number of fused-ring (bicyclic) bond motifs is 2. The molecular formula is C21H23N3O3S. The van der Waals surface area contributed by atoms with Gasteiger partial charge >= 0.3 is 0 Å². The molecule has 1 fully saturated rings. The first kappa shape index (κ1) is 17.9. The van der Waals surface area contributed by atoms with E-state index in [0.29, 0.717) is 32.7 Å². The molecule has 3 aliphatic rings. The lowest BCUT2D eigenvalue weighted by molar-refractivity contribution is -0.152. The largest absolute Gasteiger partial charge is 0.363 e. The first-order valence-corrected chi connectivity index (χ1v) is 11.0. The number of amides is 1. The zero-order chi connectivity index (χ0) is 19.1. The Morgan fingerprint density at radius 1 is 1.21 bits per heavy atom. The van der Waals surface area contributed by atoms with Gasteiger partial charge in [0, 0.05) is 43.7 Å². The van der Waals surface area contributed by atoms with Crippen molar-refractivity contribution in [3.63, 3.8) is 0 Å². The van der Waals surface area contributed by atoms with E-state index in [-0.39, 0.29) is 17.4 Å². The molecule has 1 aromatic heterocycles. The fraction of sp³-hybridized carbons (Fsp3) is 0.476. The summed E-state index contributed by atoms with van der Waals surface area (Å²) in [5, 5.41) is 4.58. The van der Waals surface area contributed by atoms with E-state index in [2.05, 4.69) is 17.2 Å². The van der Waals surface area contributed by atoms with Gasteiger partial charge in [0.25, 0.3) is 11.5 Å². The Kier molecular flexibility index (Phi) is 4.72. The van der Waals surface area contributed by atoms with E-state index < -0.39 is 6.10 Å². The van der Waals surface area contributed by atoms with Gasteiger partial charge in [0.1, 0.15) is 6.10 Å². The van der Waals surface area contributed by atoms with Gasteiger partial charge in [0.15, 0.2) is 0 Å². The van der Waals surface area contributed by atoms with Crippen LogP contribution >= 0.6 is 11.8 Å². The molecule has 0 bridgehead atoms. The van der Waals surface area contributed by atoms with Crippen molar-refractivity contribution >= 4 is 17.7 Å². The number of aryl methyl sites for hydroxylation is 1. The number of hydrogen-bond donors (Lipinski definition) is 0. The van der Waals surface area contributed by atoms with Crippen LogP contribution in [0.5, 0.6) is 0 Å². The summed E-state index contributed by atoms with van der Waals surface area (Å²) in [6.45, 7) is 2.41. The molecular weight excluding hydrogens is 374 g/mol. The SMILES string of the molecule is O=C(C1Cc2ccccc2CO1)N1CC(Cn2nc3c(cc2=O)CSCC3)C1. The fourth-order valence-electron chi connectivity index (χ4n) is 4.20. The molecule has 0 aliphatic carbocycles. The Balaban J connectivity index is 1.19. The minimum Gasteiger partial charge on any atom is -0.363 e. The number of thioether (sulfide) groups is 1. The second kappa shape index (κ2) is 7.37. The van der Waals surface area contributed by atoms with Gasteiger partial charge in [-0.15, -0.1) is 0 Å². The number of hydrogen-bond acceptors (Lipinski definition) is 5. The minimum atomic E-state index is -0.391. The number of benzene rings is 1. The van der Waals surface area contributed by atoms with Crippen LogP contribution in [0.25, 0.3) is 0 Å². The molecule has 6 nitrogen and oxygen atoms in total. The van der Waals surface area contributed by atoms with Crippen LogP contribution in [0.1, 0.15) is 22.4 Å². The van der Waals surface area contributed by atoms with Gasteiger partial charge in [-0.1, -0.05) is 24.3 Å². The Hall–Kier alpha value is -2.12. The molecule has 1 amide bonds. The number of nitrogens with zero attached hydrogens (tertiary/aromatic N) is 3. The minimum absolute atomic E-state index is 0.0294. The molecule has 7 heteroatoms. The quantitative estimate of drug-likeness (QED) is 0.788. The van der Waals surface area contributed by atoms with E-state index in [1.807, 2.05) is 28.8 Å². The third kappa shape index (κ3) is 3.37. The van der Waals surface area contributed by atoms with E-state index >= 15 is 0 Å². The molecule has 5 rings (SSSR count). The fourth-order valence-corrected chi connectivity index (χ4v) is 5.15. The summed E-state index contributed by atoms with van der Waals surface area (Å²) >= 11 is 1.85. The third-order valence-corrected chi connectivity index (χ3v) is 6.85. The van der Waals surface area contributed by atoms with Crippen LogP contribution < -0.4 is 5.56 Å². The molecule has 4 heterocycles. The van der Waals surface area contributed by atoms with Crippen LogP contribution in [0.4, 0.5) is 0 Å². The summed E-state index contributed by atoms with van der Waals surface area (Å²) in [6.07, 6.45) is 1.17. The summed E-state index contributed by atoms with van der Waals surface area (Å²) in [6, 6.07) is 9.87. The maximum absolute atomic E-state index is 12.8. The van der Waals surface area contributed by atoms with Crippen molar-refractivity contribution in [2.45, 2.75) is 37.9 Å². The molecule has 0 saturated carbocycles. The van der Waals surface area contributed by atoms with E-state index in [1.165, 1.54) is 11.1 Å². The molecule has 3 aliphatic heterocycles. The van der Waals surface area contributed by atoms with Gasteiger partial charge < -0.3 is 9.64 Å². The smallest absolute Gasteiger partial charge is 0.267 e. The van der Waals surface area contributed by atoms with Crippen LogP contribution in [0.15, 0.2) is 35.1 Å². The number of aromatic nitrogens is 2. The van der Waals surface area contributed by atoms with Crippen molar-refractivity contribution in [3.05, 3.63) is 63.1 Å². The van der Waals surface area contributed by atoms with Gasteiger partial charge in [-0.05, 0) is 22.4 Å². The van der Waals surface area contributed by atoms with Crippen molar-refractivity contribution < 1.29 is 9.53 Å². The van der Waals surface area contributed by atoms with Crippen molar-refractivity contribution in [3.8, 4) is 0 Å². The van der Waals surface area contributed by atoms with Crippen molar-refractivity contribution in [1.29, 1.82) is 0 Å². The lowest BCUT2D eigenvalue weighted by atomic mass is 9.95. The maximum Gasteiger partial charge on any atom is 0.267 e. The molecule has 1 saturated heterocycles. The normalized spacial score (nSPS) is 21.6. The van der Waals surface area contributed by atoms with E-state index in [9.17, 15) is 9.59 Å². The molecule has 0 radical (unpaired) electrons. The number of ether oxygens (including phenoxy) is 1. The summed E-state index contributed by atoms with van der Waals surface area (Å²) in [4.78, 5) is 26.9. The highest BCUT2D eigenvalue weighted by atomic mass is 32.2. The first-order valence-electron chi connectivity index (χ1n) is 9.82. The predicted molar refractivity (Wildman–Crippen MR) is 107 cm³/mol.